The fraction of sp³-hybridized carbons (Fsp3) is 0.0870. The molecule has 0 radical (unpaired) electrons. The van der Waals surface area contributed by atoms with Crippen molar-refractivity contribution in [2.45, 2.75) is 11.8 Å². The van der Waals surface area contributed by atoms with Gasteiger partial charge in [0.05, 0.1) is 16.9 Å². The van der Waals surface area contributed by atoms with Crippen LogP contribution in [0.5, 0.6) is 0 Å². The molecule has 31 heavy (non-hydrogen) atoms. The van der Waals surface area contributed by atoms with E-state index in [1.54, 1.807) is 24.3 Å². The Morgan fingerprint density at radius 2 is 1.39 bits per heavy atom. The average molecular weight is 437 g/mol. The number of benzene rings is 3. The summed E-state index contributed by atoms with van der Waals surface area (Å²) in [6, 6.07) is 19.6. The lowest BCUT2D eigenvalue weighted by Gasteiger charge is -2.11. The van der Waals surface area contributed by atoms with Gasteiger partial charge >= 0.3 is 0 Å². The number of amides is 3. The predicted molar refractivity (Wildman–Crippen MR) is 118 cm³/mol. The maximum atomic E-state index is 13.7. The highest BCUT2D eigenvalue weighted by atomic mass is 32.2. The average Bonchev–Trinajstić information content (AvgIpc) is 2.78. The van der Waals surface area contributed by atoms with Crippen LogP contribution in [0.25, 0.3) is 0 Å². The zero-order chi connectivity index (χ0) is 22.2. The van der Waals surface area contributed by atoms with Crippen molar-refractivity contribution in [2.75, 3.05) is 11.1 Å². The van der Waals surface area contributed by atoms with Crippen LogP contribution in [-0.4, -0.2) is 23.5 Å². The van der Waals surface area contributed by atoms with Crippen molar-refractivity contribution in [3.05, 3.63) is 95.3 Å². The monoisotopic (exact) mass is 437 g/mol. The molecule has 0 heterocycles. The van der Waals surface area contributed by atoms with Gasteiger partial charge in [-0.15, -0.1) is 11.8 Å². The van der Waals surface area contributed by atoms with Gasteiger partial charge in [0.1, 0.15) is 5.82 Å². The lowest BCUT2D eigenvalue weighted by Crippen LogP contribution is -2.42. The first-order chi connectivity index (χ1) is 14.9. The van der Waals surface area contributed by atoms with Crippen LogP contribution >= 0.6 is 11.8 Å². The third kappa shape index (κ3) is 6.16. The van der Waals surface area contributed by atoms with Gasteiger partial charge in [-0.2, -0.15) is 0 Å². The minimum Gasteiger partial charge on any atom is -0.325 e. The van der Waals surface area contributed by atoms with Gasteiger partial charge in [0, 0.05) is 10.6 Å². The molecule has 3 aromatic rings. The van der Waals surface area contributed by atoms with E-state index in [1.165, 1.54) is 30.0 Å². The molecule has 0 fully saturated rings. The third-order valence-electron chi connectivity index (χ3n) is 4.23. The van der Waals surface area contributed by atoms with Crippen LogP contribution < -0.4 is 16.2 Å². The smallest absolute Gasteiger partial charge is 0.272 e. The normalized spacial score (nSPS) is 10.3. The second-order valence-electron chi connectivity index (χ2n) is 6.59. The minimum absolute atomic E-state index is 0.0970. The maximum Gasteiger partial charge on any atom is 0.272 e. The molecule has 0 saturated heterocycles. The zero-order valence-corrected chi connectivity index (χ0v) is 17.5. The predicted octanol–water partition coefficient (Wildman–Crippen LogP) is 3.94. The number of anilines is 1. The van der Waals surface area contributed by atoms with E-state index in [-0.39, 0.29) is 22.8 Å². The summed E-state index contributed by atoms with van der Waals surface area (Å²) in [5, 5.41) is 2.80. The highest BCUT2D eigenvalue weighted by Gasteiger charge is 2.15. The van der Waals surface area contributed by atoms with Gasteiger partial charge in [0.15, 0.2) is 0 Å². The van der Waals surface area contributed by atoms with Crippen molar-refractivity contribution in [2.24, 2.45) is 0 Å². The van der Waals surface area contributed by atoms with Gasteiger partial charge < -0.3 is 5.32 Å². The Morgan fingerprint density at radius 3 is 2.06 bits per heavy atom. The SMILES string of the molecule is Cc1ccc(NC(=O)CSc2ccccc2C(=O)NNC(=O)c2ccccc2F)cc1. The third-order valence-corrected chi connectivity index (χ3v) is 5.31. The molecular weight excluding hydrogens is 417 g/mol. The number of hydrogen-bond acceptors (Lipinski definition) is 4. The summed E-state index contributed by atoms with van der Waals surface area (Å²) in [7, 11) is 0. The number of nitrogens with one attached hydrogen (secondary N) is 3. The van der Waals surface area contributed by atoms with Crippen molar-refractivity contribution in [1.82, 2.24) is 10.9 Å². The van der Waals surface area contributed by atoms with E-state index in [0.29, 0.717) is 10.6 Å². The van der Waals surface area contributed by atoms with Gasteiger partial charge in [-0.25, -0.2) is 4.39 Å². The number of hydrogen-bond donors (Lipinski definition) is 3. The van der Waals surface area contributed by atoms with E-state index in [0.717, 1.165) is 11.6 Å². The number of aryl methyl sites for hydroxylation is 1. The summed E-state index contributed by atoms with van der Waals surface area (Å²) < 4.78 is 13.7. The second kappa shape index (κ2) is 10.4. The van der Waals surface area contributed by atoms with Gasteiger partial charge in [-0.05, 0) is 43.3 Å². The molecule has 0 aromatic heterocycles. The summed E-state index contributed by atoms with van der Waals surface area (Å²) in [5.74, 6) is -2.15. The summed E-state index contributed by atoms with van der Waals surface area (Å²) in [6.07, 6.45) is 0. The van der Waals surface area contributed by atoms with Crippen molar-refractivity contribution in [1.29, 1.82) is 0 Å². The molecule has 0 saturated carbocycles. The number of thioether (sulfide) groups is 1. The molecule has 0 unspecified atom stereocenters. The van der Waals surface area contributed by atoms with Gasteiger partial charge in [0.2, 0.25) is 5.91 Å². The lowest BCUT2D eigenvalue weighted by atomic mass is 10.2. The number of halogens is 1. The molecule has 6 nitrogen and oxygen atoms in total. The zero-order valence-electron chi connectivity index (χ0n) is 16.6. The number of hydrazine groups is 1. The summed E-state index contributed by atoms with van der Waals surface area (Å²) in [6.45, 7) is 1.96. The van der Waals surface area contributed by atoms with Crippen molar-refractivity contribution in [3.63, 3.8) is 0 Å². The quantitative estimate of drug-likeness (QED) is 0.403. The van der Waals surface area contributed by atoms with Gasteiger partial charge in [-0.3, -0.25) is 25.2 Å². The molecule has 0 aliphatic rings. The summed E-state index contributed by atoms with van der Waals surface area (Å²) >= 11 is 1.19. The Hall–Kier alpha value is -3.65. The van der Waals surface area contributed by atoms with Crippen LogP contribution in [-0.2, 0) is 4.79 Å². The van der Waals surface area contributed by atoms with E-state index < -0.39 is 17.6 Å². The summed E-state index contributed by atoms with van der Waals surface area (Å²) in [5.41, 5.74) is 6.36. The highest BCUT2D eigenvalue weighted by Crippen LogP contribution is 2.23. The Labute approximate surface area is 183 Å². The van der Waals surface area contributed by atoms with E-state index in [9.17, 15) is 18.8 Å². The summed E-state index contributed by atoms with van der Waals surface area (Å²) in [4.78, 5) is 37.4. The van der Waals surface area contributed by atoms with Gasteiger partial charge in [-0.1, -0.05) is 42.0 Å². The Balaban J connectivity index is 1.58. The minimum atomic E-state index is -0.769. The molecule has 0 atom stereocenters. The van der Waals surface area contributed by atoms with Crippen LogP contribution in [0.1, 0.15) is 26.3 Å². The Kier molecular flexibility index (Phi) is 7.40. The fourth-order valence-electron chi connectivity index (χ4n) is 2.65. The van der Waals surface area contributed by atoms with E-state index in [4.69, 9.17) is 0 Å². The van der Waals surface area contributed by atoms with Crippen LogP contribution in [0.4, 0.5) is 10.1 Å². The van der Waals surface area contributed by atoms with Crippen LogP contribution in [0.3, 0.4) is 0 Å². The van der Waals surface area contributed by atoms with E-state index in [1.807, 2.05) is 31.2 Å². The first-order valence-electron chi connectivity index (χ1n) is 9.37. The fourth-order valence-corrected chi connectivity index (χ4v) is 3.50. The second-order valence-corrected chi connectivity index (χ2v) is 7.60. The van der Waals surface area contributed by atoms with Crippen LogP contribution in [0, 0.1) is 12.7 Å². The van der Waals surface area contributed by atoms with E-state index in [2.05, 4.69) is 16.2 Å². The molecule has 158 valence electrons. The molecule has 3 amide bonds. The van der Waals surface area contributed by atoms with Crippen molar-refractivity contribution < 1.29 is 18.8 Å². The van der Waals surface area contributed by atoms with Crippen molar-refractivity contribution >= 4 is 35.2 Å². The molecule has 8 heteroatoms. The van der Waals surface area contributed by atoms with Crippen molar-refractivity contribution in [3.8, 4) is 0 Å². The highest BCUT2D eigenvalue weighted by molar-refractivity contribution is 8.00. The van der Waals surface area contributed by atoms with Crippen LogP contribution in [0.2, 0.25) is 0 Å². The van der Waals surface area contributed by atoms with E-state index >= 15 is 0 Å². The molecular formula is C23H20FN3O3S. The van der Waals surface area contributed by atoms with Gasteiger partial charge in [0.25, 0.3) is 11.8 Å². The molecule has 0 bridgehead atoms. The maximum absolute atomic E-state index is 13.7. The largest absolute Gasteiger partial charge is 0.325 e. The molecule has 0 aliphatic heterocycles. The topological polar surface area (TPSA) is 87.3 Å². The molecule has 3 N–H and O–H groups in total. The number of carbonyl (C=O) groups excluding carboxylic acids is 3. The standard InChI is InChI=1S/C23H20FN3O3S/c1-15-10-12-16(13-11-15)25-21(28)14-31-20-9-5-3-7-18(20)23(30)27-26-22(29)17-6-2-4-8-19(17)24/h2-13H,14H2,1H3,(H,25,28)(H,26,29)(H,27,30). The molecule has 3 aromatic carbocycles. The molecule has 0 spiro atoms. The lowest BCUT2D eigenvalue weighted by molar-refractivity contribution is -0.113. The first-order valence-corrected chi connectivity index (χ1v) is 10.4. The van der Waals surface area contributed by atoms with Crippen LogP contribution in [0.15, 0.2) is 77.7 Å². The first kappa shape index (κ1) is 22.0. The molecule has 0 aliphatic carbocycles. The Bertz CT molecular complexity index is 1100. The molecule has 3 rings (SSSR count). The number of rotatable bonds is 6. The number of carbonyl (C=O) groups is 3. The Morgan fingerprint density at radius 1 is 0.806 bits per heavy atom.